The normalized spacial score (nSPS) is 10.5. The van der Waals surface area contributed by atoms with Crippen molar-refractivity contribution in [1.82, 2.24) is 0 Å². The first-order chi connectivity index (χ1) is 4.00. The largest absolute Gasteiger partial charge is 0.394 e. The van der Waals surface area contributed by atoms with E-state index >= 15 is 0 Å². The Morgan fingerprint density at radius 3 is 0.636 bits per heavy atom. The summed E-state index contributed by atoms with van der Waals surface area (Å²) in [5.74, 6) is 0. The number of hydrogen-bond donors (Lipinski definition) is 4. The summed E-state index contributed by atoms with van der Waals surface area (Å²) in [6.07, 6.45) is 0. The van der Waals surface area contributed by atoms with Gasteiger partial charge in [0.15, 0.2) is 0 Å². The van der Waals surface area contributed by atoms with Gasteiger partial charge in [0.25, 0.3) is 0 Å². The molecule has 0 rings (SSSR count). The molecule has 1 atom stereocenters. The van der Waals surface area contributed by atoms with Crippen molar-refractivity contribution in [2.45, 2.75) is 0 Å². The minimum Gasteiger partial charge on any atom is -0.264 e. The molecule has 0 bridgehead atoms. The van der Waals surface area contributed by atoms with Crippen molar-refractivity contribution >= 4 is 30.7 Å². The van der Waals surface area contributed by atoms with Gasteiger partial charge in [-0.05, 0) is 0 Å². The second-order valence-electron chi connectivity index (χ2n) is 0.896. The Kier molecular flexibility index (Phi) is 9.09. The second-order valence-corrected chi connectivity index (χ2v) is 2.69. The van der Waals surface area contributed by atoms with Crippen LogP contribution >= 0.6 is 9.90 Å². The number of hydrogen-bond acceptors (Lipinski definition) is 4. The van der Waals surface area contributed by atoms with E-state index in [2.05, 4.69) is 0 Å². The topological polar surface area (TPSA) is 149 Å². The van der Waals surface area contributed by atoms with Crippen LogP contribution < -0.4 is 0 Å². The first kappa shape index (κ1) is 17.3. The third-order valence-corrected chi connectivity index (χ3v) is 0. The highest BCUT2D eigenvalue weighted by atomic mass is 32.3. The van der Waals surface area contributed by atoms with Gasteiger partial charge in [0.2, 0.25) is 0 Å². The van der Waals surface area contributed by atoms with E-state index in [4.69, 9.17) is 35.0 Å². The van der Waals surface area contributed by atoms with Gasteiger partial charge in [0.05, 0.1) is 0 Å². The Morgan fingerprint density at radius 2 is 0.636 bits per heavy atom. The second kappa shape index (κ2) is 5.77. The van der Waals surface area contributed by atoms with Crippen LogP contribution in [-0.2, 0) is 20.8 Å². The van der Waals surface area contributed by atoms with Gasteiger partial charge in [-0.15, -0.1) is 0 Å². The molecule has 11 heteroatoms. The lowest BCUT2D eigenvalue weighted by Gasteiger charge is -1.68. The fourth-order valence-corrected chi connectivity index (χ4v) is 0. The maximum atomic E-state index is 8.74. The molecule has 4 N–H and O–H groups in total. The molecule has 0 aromatic rings. The fourth-order valence-electron chi connectivity index (χ4n) is 0. The quantitative estimate of drug-likeness (QED) is 0.298. The predicted octanol–water partition coefficient (Wildman–Crippen LogP) is -1.25. The van der Waals surface area contributed by atoms with Gasteiger partial charge in [-0.3, -0.25) is 18.2 Å². The Morgan fingerprint density at radius 1 is 0.636 bits per heavy atom. The van der Waals surface area contributed by atoms with Crippen LogP contribution in [-0.4, -0.2) is 35.0 Å². The third-order valence-electron chi connectivity index (χ3n) is 0. The van der Waals surface area contributed by atoms with E-state index in [9.17, 15) is 0 Å². The van der Waals surface area contributed by atoms with E-state index in [1.807, 2.05) is 0 Å². The van der Waals surface area contributed by atoms with Crippen molar-refractivity contribution in [3.05, 3.63) is 0 Å². The number of rotatable bonds is 0. The Labute approximate surface area is 66.4 Å². The van der Waals surface area contributed by atoms with Crippen LogP contribution in [0.3, 0.4) is 0 Å². The van der Waals surface area contributed by atoms with Crippen LogP contribution in [0.2, 0.25) is 0 Å². The van der Waals surface area contributed by atoms with Crippen molar-refractivity contribution < 1.29 is 35.0 Å². The maximum absolute atomic E-state index is 8.74. The minimum absolute atomic E-state index is 0. The monoisotopic (exact) mass is 230 g/mol. The lowest BCUT2D eigenvalue weighted by atomic mass is 15.8. The van der Waals surface area contributed by atoms with Gasteiger partial charge in [-0.2, -0.15) is 26.7 Å². The van der Waals surface area contributed by atoms with Gasteiger partial charge in [-0.25, -0.2) is 0 Å². The molecule has 72 valence electrons. The van der Waals surface area contributed by atoms with Crippen LogP contribution in [0.25, 0.3) is 0 Å². The van der Waals surface area contributed by atoms with Gasteiger partial charge in [-0.1, -0.05) is 0 Å². The Balaban J connectivity index is -0.000000107. The molecule has 0 saturated carbocycles. The lowest BCUT2D eigenvalue weighted by Crippen LogP contribution is -1.89. The predicted molar refractivity (Wildman–Crippen MR) is 39.5 cm³/mol. The summed E-state index contributed by atoms with van der Waals surface area (Å²) in [6, 6.07) is 0. The zero-order chi connectivity index (χ0) is 9.00. The van der Waals surface area contributed by atoms with E-state index in [0.29, 0.717) is 0 Å². The van der Waals surface area contributed by atoms with E-state index in [0.717, 1.165) is 0 Å². The molecule has 0 fully saturated rings. The molecule has 1 unspecified atom stereocenters. The lowest BCUT2D eigenvalue weighted by molar-refractivity contribution is 0.378. The summed E-state index contributed by atoms with van der Waals surface area (Å²) in [5, 5.41) is 0. The van der Waals surface area contributed by atoms with Crippen LogP contribution in [0.5, 0.6) is 0 Å². The molecule has 0 aromatic carbocycles. The zero-order valence-corrected chi connectivity index (χ0v) is 7.99. The smallest absolute Gasteiger partial charge is 0.264 e. The van der Waals surface area contributed by atoms with Gasteiger partial charge in [0.1, 0.15) is 0 Å². The molecule has 8 nitrogen and oxygen atoms in total. The maximum Gasteiger partial charge on any atom is 0.394 e. The fraction of sp³-hybridized carbons (Fsp3) is 0. The summed E-state index contributed by atoms with van der Waals surface area (Å²) in [5.41, 5.74) is 0. The standard InChI is InChI=1S/2H2O4S.H3P/c2*1-5(2,3)4;/h2*(H2,1,2,3,4);1H3. The molecule has 0 heterocycles. The minimum atomic E-state index is -4.67. The summed E-state index contributed by atoms with van der Waals surface area (Å²) in [6.45, 7) is 0. The molecule has 11 heavy (non-hydrogen) atoms. The molecule has 0 aliphatic heterocycles. The Hall–Kier alpha value is 0.170. The first-order valence-corrected chi connectivity index (χ1v) is 4.19. The highest BCUT2D eigenvalue weighted by Crippen LogP contribution is 1.59. The van der Waals surface area contributed by atoms with Gasteiger partial charge in [0, 0.05) is 0 Å². The zero-order valence-electron chi connectivity index (χ0n) is 4.95. The molecular weight excluding hydrogens is 223 g/mol. The highest BCUT2D eigenvalue weighted by Gasteiger charge is 1.85. The molecular formula is H7O8PS2. The van der Waals surface area contributed by atoms with E-state index in [-0.39, 0.29) is 9.90 Å². The Bertz CT molecular complexity index is 208. The molecule has 0 radical (unpaired) electrons. The van der Waals surface area contributed by atoms with Gasteiger partial charge >= 0.3 is 20.8 Å². The average Bonchev–Trinajstić information content (AvgIpc) is 1.12. The molecule has 0 aromatic heterocycles. The molecule has 0 saturated heterocycles. The van der Waals surface area contributed by atoms with Crippen molar-refractivity contribution in [3.8, 4) is 0 Å². The summed E-state index contributed by atoms with van der Waals surface area (Å²) < 4.78 is 63.2. The van der Waals surface area contributed by atoms with Crippen LogP contribution in [0.1, 0.15) is 0 Å². The van der Waals surface area contributed by atoms with Crippen molar-refractivity contribution in [2.24, 2.45) is 0 Å². The van der Waals surface area contributed by atoms with Gasteiger partial charge < -0.3 is 0 Å². The van der Waals surface area contributed by atoms with Crippen LogP contribution in [0.4, 0.5) is 0 Å². The van der Waals surface area contributed by atoms with E-state index < -0.39 is 20.8 Å². The SMILES string of the molecule is O=S(=O)(O)O.O=S(=O)(O)O.P. The summed E-state index contributed by atoms with van der Waals surface area (Å²) in [7, 11) is -9.33. The van der Waals surface area contributed by atoms with E-state index in [1.54, 1.807) is 0 Å². The molecule has 0 aliphatic carbocycles. The van der Waals surface area contributed by atoms with Crippen molar-refractivity contribution in [1.29, 1.82) is 0 Å². The van der Waals surface area contributed by atoms with Crippen LogP contribution in [0, 0.1) is 0 Å². The molecule has 0 spiro atoms. The molecule has 0 amide bonds. The average molecular weight is 230 g/mol. The third kappa shape index (κ3) is 23500. The first-order valence-electron chi connectivity index (χ1n) is 1.40. The van der Waals surface area contributed by atoms with Crippen molar-refractivity contribution in [2.75, 3.05) is 0 Å². The van der Waals surface area contributed by atoms with Crippen LogP contribution in [0.15, 0.2) is 0 Å². The van der Waals surface area contributed by atoms with E-state index in [1.165, 1.54) is 0 Å². The van der Waals surface area contributed by atoms with Crippen molar-refractivity contribution in [3.63, 3.8) is 0 Å². The highest BCUT2D eigenvalue weighted by molar-refractivity contribution is 7.80. The summed E-state index contributed by atoms with van der Waals surface area (Å²) >= 11 is 0. The summed E-state index contributed by atoms with van der Waals surface area (Å²) in [4.78, 5) is 0. The molecule has 0 aliphatic rings.